The number of carbonyl (C=O) groups excluding carboxylic acids is 4. The van der Waals surface area contributed by atoms with Gasteiger partial charge in [-0.15, -0.1) is 11.3 Å². The average molecular weight is 977 g/mol. The number of aliphatic hydroxyl groups excluding tert-OH is 1. The van der Waals surface area contributed by atoms with Crippen molar-refractivity contribution in [1.29, 1.82) is 0 Å². The molecule has 0 unspecified atom stereocenters. The maximum absolute atomic E-state index is 14.0. The van der Waals surface area contributed by atoms with Crippen LogP contribution in [0.4, 0.5) is 17.5 Å². The number of halogens is 1. The van der Waals surface area contributed by atoms with Gasteiger partial charge in [-0.2, -0.15) is 4.98 Å². The second kappa shape index (κ2) is 23.3. The van der Waals surface area contributed by atoms with Crippen molar-refractivity contribution < 1.29 is 33.8 Å². The standard InChI is InChI=1S/C47H62BrN9O7S/c1-30-40(65-29-52-30)32-14-12-31(13-15-32)25-50-43(60)38-24-35(58)27-57(38)45(62)41(47(2,3)4)54-39(59)28-63-22-6-7-23-64-36-18-16-34(17-19-36)53-46-51-26-37(48)42(55-46)49-20-9-21-56(5)44(61)33-10-8-11-33/h12-19,26,29,33,35,38,41,58H,6-11,20-25,27-28H2,1-5H3,(H,50,60)(H,54,59)(H2,49,51,53,55)/t35-,38+,41-/m1/s1. The third kappa shape index (κ3) is 14.2. The van der Waals surface area contributed by atoms with Crippen LogP contribution in [-0.4, -0.2) is 118 Å². The van der Waals surface area contributed by atoms with E-state index in [-0.39, 0.29) is 43.8 Å². The van der Waals surface area contributed by atoms with Gasteiger partial charge in [0, 0.05) is 64.1 Å². The molecule has 65 heavy (non-hydrogen) atoms. The zero-order valence-electron chi connectivity index (χ0n) is 37.9. The molecule has 4 amide bonds. The molecule has 1 saturated heterocycles. The molecule has 6 rings (SSSR count). The van der Waals surface area contributed by atoms with Gasteiger partial charge in [0.25, 0.3) is 0 Å². The number of likely N-dealkylation sites (tertiary alicyclic amines) is 1. The molecular formula is C47H62BrN9O7S. The van der Waals surface area contributed by atoms with E-state index >= 15 is 0 Å². The maximum Gasteiger partial charge on any atom is 0.246 e. The highest BCUT2D eigenvalue weighted by molar-refractivity contribution is 9.10. The van der Waals surface area contributed by atoms with E-state index in [1.54, 1.807) is 17.5 Å². The number of hydrogen-bond donors (Lipinski definition) is 5. The highest BCUT2D eigenvalue weighted by Gasteiger charge is 2.44. The fourth-order valence-corrected chi connectivity index (χ4v) is 8.70. The lowest BCUT2D eigenvalue weighted by atomic mass is 9.84. The van der Waals surface area contributed by atoms with Crippen LogP contribution in [0.2, 0.25) is 0 Å². The van der Waals surface area contributed by atoms with Crippen LogP contribution in [0.3, 0.4) is 0 Å². The van der Waals surface area contributed by atoms with Gasteiger partial charge in [-0.05, 0) is 95.8 Å². The number of thiazole rings is 1. The first kappa shape index (κ1) is 49.3. The first-order chi connectivity index (χ1) is 31.2. The molecule has 1 aliphatic heterocycles. The summed E-state index contributed by atoms with van der Waals surface area (Å²) < 4.78 is 12.3. The van der Waals surface area contributed by atoms with Crippen molar-refractivity contribution in [3.8, 4) is 16.2 Å². The van der Waals surface area contributed by atoms with Gasteiger partial charge in [-0.25, -0.2) is 9.97 Å². The predicted octanol–water partition coefficient (Wildman–Crippen LogP) is 6.46. The Kier molecular flexibility index (Phi) is 17.7. The number of β-amino-alcohol motifs (C(OH)–C–C–N with tert-alkyl or cyclic N) is 1. The number of amides is 4. The third-order valence-corrected chi connectivity index (χ3v) is 13.1. The lowest BCUT2D eigenvalue weighted by Gasteiger charge is -2.35. The van der Waals surface area contributed by atoms with Crippen molar-refractivity contribution in [3.63, 3.8) is 0 Å². The number of aliphatic hydroxyl groups is 1. The zero-order chi connectivity index (χ0) is 46.5. The number of nitrogens with one attached hydrogen (secondary N) is 4. The van der Waals surface area contributed by atoms with Crippen LogP contribution in [-0.2, 0) is 30.5 Å². The lowest BCUT2D eigenvalue weighted by molar-refractivity contribution is -0.144. The number of carbonyl (C=O) groups is 4. The smallest absolute Gasteiger partial charge is 0.246 e. The van der Waals surface area contributed by atoms with Gasteiger partial charge in [-0.1, -0.05) is 51.5 Å². The molecule has 2 fully saturated rings. The fraction of sp³-hybridized carbons (Fsp3) is 0.511. The van der Waals surface area contributed by atoms with Crippen LogP contribution < -0.4 is 26.0 Å². The molecule has 16 nitrogen and oxygen atoms in total. The van der Waals surface area contributed by atoms with Crippen molar-refractivity contribution in [2.24, 2.45) is 11.3 Å². The summed E-state index contributed by atoms with van der Waals surface area (Å²) in [6.07, 6.45) is 6.23. The van der Waals surface area contributed by atoms with E-state index in [2.05, 4.69) is 52.1 Å². The molecule has 2 aliphatic rings. The number of unbranched alkanes of at least 4 members (excludes halogenated alkanes) is 1. The van der Waals surface area contributed by atoms with Crippen LogP contribution >= 0.6 is 27.3 Å². The van der Waals surface area contributed by atoms with Crippen molar-refractivity contribution in [1.82, 2.24) is 35.4 Å². The van der Waals surface area contributed by atoms with E-state index in [0.717, 1.165) is 57.5 Å². The van der Waals surface area contributed by atoms with Crippen LogP contribution in [0, 0.1) is 18.3 Å². The minimum atomic E-state index is -0.947. The van der Waals surface area contributed by atoms with Gasteiger partial charge in [0.1, 0.15) is 30.3 Å². The van der Waals surface area contributed by atoms with E-state index in [9.17, 15) is 24.3 Å². The van der Waals surface area contributed by atoms with Crippen molar-refractivity contribution in [2.45, 2.75) is 97.4 Å². The Morgan fingerprint density at radius 3 is 2.43 bits per heavy atom. The largest absolute Gasteiger partial charge is 0.494 e. The Bertz CT molecular complexity index is 2220. The minimum absolute atomic E-state index is 0.00696. The van der Waals surface area contributed by atoms with E-state index in [1.165, 1.54) is 4.90 Å². The van der Waals surface area contributed by atoms with Crippen LogP contribution in [0.1, 0.15) is 77.0 Å². The summed E-state index contributed by atoms with van der Waals surface area (Å²) in [5.41, 5.74) is 4.84. The van der Waals surface area contributed by atoms with Crippen molar-refractivity contribution >= 4 is 68.3 Å². The molecule has 2 aromatic heterocycles. The fourth-order valence-electron chi connectivity index (χ4n) is 7.56. The Balaban J connectivity index is 0.869. The summed E-state index contributed by atoms with van der Waals surface area (Å²) >= 11 is 5.09. The van der Waals surface area contributed by atoms with Gasteiger partial charge in [-0.3, -0.25) is 19.2 Å². The molecule has 1 saturated carbocycles. The number of aryl methyl sites for hydroxylation is 1. The SMILES string of the molecule is Cc1ncsc1-c1ccc(CNC(=O)[C@@H]2C[C@@H](O)CN2C(=O)[C@@H](NC(=O)COCCCCOc2ccc(Nc3ncc(Br)c(NCCCN(C)C(=O)C4CCC4)n3)cc2)C(C)(C)C)cc1. The topological polar surface area (TPSA) is 200 Å². The van der Waals surface area contributed by atoms with E-state index in [1.807, 2.05) is 93.7 Å². The molecule has 2 aromatic carbocycles. The van der Waals surface area contributed by atoms with Gasteiger partial charge in [0.05, 0.1) is 33.3 Å². The number of anilines is 3. The summed E-state index contributed by atoms with van der Waals surface area (Å²) in [6.45, 7) is 9.64. The van der Waals surface area contributed by atoms with Crippen LogP contribution in [0.15, 0.2) is 64.7 Å². The summed E-state index contributed by atoms with van der Waals surface area (Å²) in [6, 6.07) is 13.5. The molecule has 4 aromatic rings. The first-order valence-electron chi connectivity index (χ1n) is 22.3. The second-order valence-corrected chi connectivity index (χ2v) is 19.5. The highest BCUT2D eigenvalue weighted by atomic mass is 79.9. The Morgan fingerprint density at radius 1 is 1.02 bits per heavy atom. The number of hydrogen-bond acceptors (Lipinski definition) is 13. The molecule has 3 atom stereocenters. The van der Waals surface area contributed by atoms with E-state index in [0.29, 0.717) is 56.7 Å². The summed E-state index contributed by atoms with van der Waals surface area (Å²) in [7, 11) is 1.87. The van der Waals surface area contributed by atoms with Gasteiger partial charge in [0.15, 0.2) is 0 Å². The predicted molar refractivity (Wildman–Crippen MR) is 255 cm³/mol. The Morgan fingerprint density at radius 2 is 1.75 bits per heavy atom. The average Bonchev–Trinajstić information content (AvgIpc) is 3.88. The second-order valence-electron chi connectivity index (χ2n) is 17.8. The summed E-state index contributed by atoms with van der Waals surface area (Å²) in [5, 5.41) is 22.9. The molecule has 0 spiro atoms. The van der Waals surface area contributed by atoms with Crippen LogP contribution in [0.5, 0.6) is 5.75 Å². The van der Waals surface area contributed by atoms with Crippen LogP contribution in [0.25, 0.3) is 10.4 Å². The molecular weight excluding hydrogens is 915 g/mol. The Hall–Kier alpha value is -5.17. The van der Waals surface area contributed by atoms with Crippen molar-refractivity contribution in [3.05, 3.63) is 76.0 Å². The number of ether oxygens (including phenoxy) is 2. The number of aromatic nitrogens is 3. The quantitative estimate of drug-likeness (QED) is 0.0540. The zero-order valence-corrected chi connectivity index (χ0v) is 40.3. The number of nitrogens with zero attached hydrogens (tertiary/aromatic N) is 5. The molecule has 0 bridgehead atoms. The Labute approximate surface area is 393 Å². The normalized spacial score (nSPS) is 16.6. The van der Waals surface area contributed by atoms with Crippen molar-refractivity contribution in [2.75, 3.05) is 57.1 Å². The molecule has 3 heterocycles. The third-order valence-electron chi connectivity index (χ3n) is 11.5. The van der Waals surface area contributed by atoms with Gasteiger partial charge >= 0.3 is 0 Å². The van der Waals surface area contributed by atoms with Gasteiger partial charge in [0.2, 0.25) is 29.6 Å². The highest BCUT2D eigenvalue weighted by Crippen LogP contribution is 2.30. The van der Waals surface area contributed by atoms with E-state index in [4.69, 9.17) is 9.47 Å². The molecule has 0 radical (unpaired) electrons. The summed E-state index contributed by atoms with van der Waals surface area (Å²) in [4.78, 5) is 70.4. The first-order valence-corrected chi connectivity index (χ1v) is 24.0. The molecule has 1 aliphatic carbocycles. The summed E-state index contributed by atoms with van der Waals surface area (Å²) in [5.74, 6) is 1.01. The lowest BCUT2D eigenvalue weighted by Crippen LogP contribution is -2.58. The number of benzene rings is 2. The maximum atomic E-state index is 14.0. The van der Waals surface area contributed by atoms with Gasteiger partial charge < -0.3 is 45.6 Å². The molecule has 350 valence electrons. The molecule has 18 heteroatoms. The number of rotatable bonds is 22. The monoisotopic (exact) mass is 975 g/mol. The minimum Gasteiger partial charge on any atom is -0.494 e. The van der Waals surface area contributed by atoms with E-state index < -0.39 is 35.4 Å². The molecule has 5 N–H and O–H groups in total.